The molecule has 0 aromatic heterocycles. The lowest BCUT2D eigenvalue weighted by Crippen LogP contribution is -2.06. The number of hydrogen-bond acceptors (Lipinski definition) is 3. The Kier molecular flexibility index (Phi) is 7.47. The van der Waals surface area contributed by atoms with Crippen LogP contribution in [0.2, 0.25) is 0 Å². The zero-order valence-corrected chi connectivity index (χ0v) is 12.3. The Labute approximate surface area is 117 Å². The molecule has 18 heavy (non-hydrogen) atoms. The summed E-state index contributed by atoms with van der Waals surface area (Å²) in [6.45, 7) is 4.68. The highest BCUT2D eigenvalue weighted by molar-refractivity contribution is 9.10. The van der Waals surface area contributed by atoms with Crippen molar-refractivity contribution >= 4 is 21.6 Å². The molecule has 1 rings (SSSR count). The van der Waals surface area contributed by atoms with Crippen LogP contribution in [0.5, 0.6) is 0 Å². The summed E-state index contributed by atoms with van der Waals surface area (Å²) in [4.78, 5) is 0. The molecule has 0 atom stereocenters. The maximum absolute atomic E-state index is 8.76. The summed E-state index contributed by atoms with van der Waals surface area (Å²) in [5.41, 5.74) is 1.68. The average Bonchev–Trinajstić information content (AvgIpc) is 2.39. The highest BCUT2D eigenvalue weighted by Gasteiger charge is 2.00. The third-order valence-electron chi connectivity index (χ3n) is 2.52. The maximum atomic E-state index is 8.76. The van der Waals surface area contributed by atoms with Gasteiger partial charge in [-0.25, -0.2) is 0 Å². The second kappa shape index (κ2) is 8.96. The number of nitriles is 1. The highest BCUT2D eigenvalue weighted by atomic mass is 79.9. The fourth-order valence-electron chi connectivity index (χ4n) is 1.47. The number of anilines is 1. The van der Waals surface area contributed by atoms with E-state index in [1.165, 1.54) is 6.42 Å². The Morgan fingerprint density at radius 2 is 2.11 bits per heavy atom. The van der Waals surface area contributed by atoms with E-state index in [-0.39, 0.29) is 0 Å². The zero-order chi connectivity index (χ0) is 13.2. The third-order valence-corrected chi connectivity index (χ3v) is 3.18. The second-order valence-electron chi connectivity index (χ2n) is 4.05. The molecular weight excluding hydrogens is 292 g/mol. The number of unbranched alkanes of at least 4 members (excludes halogenated alkanes) is 1. The van der Waals surface area contributed by atoms with Gasteiger partial charge in [0.05, 0.1) is 11.6 Å². The van der Waals surface area contributed by atoms with Crippen LogP contribution in [0.1, 0.15) is 31.7 Å². The van der Waals surface area contributed by atoms with E-state index in [1.807, 2.05) is 18.2 Å². The molecule has 0 unspecified atom stereocenters. The van der Waals surface area contributed by atoms with Crippen molar-refractivity contribution in [3.8, 4) is 6.07 Å². The van der Waals surface area contributed by atoms with Crippen LogP contribution in [0.25, 0.3) is 0 Å². The van der Waals surface area contributed by atoms with E-state index in [1.54, 1.807) is 0 Å². The smallest absolute Gasteiger partial charge is 0.0992 e. The Hall–Kier alpha value is -1.05. The largest absolute Gasteiger partial charge is 0.384 e. The molecule has 0 spiro atoms. The van der Waals surface area contributed by atoms with Crippen molar-refractivity contribution in [2.75, 3.05) is 25.1 Å². The number of ether oxygens (including phenoxy) is 1. The normalized spacial score (nSPS) is 10.1. The lowest BCUT2D eigenvalue weighted by atomic mass is 10.2. The van der Waals surface area contributed by atoms with Gasteiger partial charge in [0.1, 0.15) is 0 Å². The predicted octanol–water partition coefficient (Wildman–Crippen LogP) is 3.94. The molecule has 0 saturated carbocycles. The molecule has 0 saturated heterocycles. The Morgan fingerprint density at radius 3 is 2.78 bits per heavy atom. The first-order chi connectivity index (χ1) is 8.77. The monoisotopic (exact) mass is 310 g/mol. The first-order valence-corrected chi connectivity index (χ1v) is 7.08. The van der Waals surface area contributed by atoms with Crippen LogP contribution in [-0.4, -0.2) is 19.8 Å². The van der Waals surface area contributed by atoms with E-state index in [0.29, 0.717) is 5.56 Å². The van der Waals surface area contributed by atoms with Crippen LogP contribution in [0.15, 0.2) is 22.7 Å². The van der Waals surface area contributed by atoms with Gasteiger partial charge in [-0.1, -0.05) is 13.3 Å². The summed E-state index contributed by atoms with van der Waals surface area (Å²) < 4.78 is 6.41. The number of rotatable bonds is 8. The predicted molar refractivity (Wildman–Crippen MR) is 77.7 cm³/mol. The van der Waals surface area contributed by atoms with E-state index >= 15 is 0 Å². The van der Waals surface area contributed by atoms with E-state index in [2.05, 4.69) is 34.2 Å². The molecule has 1 N–H and O–H groups in total. The maximum Gasteiger partial charge on any atom is 0.0992 e. The molecule has 0 radical (unpaired) electrons. The molecule has 0 heterocycles. The lowest BCUT2D eigenvalue weighted by molar-refractivity contribution is 0.131. The lowest BCUT2D eigenvalue weighted by Gasteiger charge is -2.09. The molecule has 4 heteroatoms. The minimum absolute atomic E-state index is 0.662. The Morgan fingerprint density at radius 1 is 1.33 bits per heavy atom. The fraction of sp³-hybridized carbons (Fsp3) is 0.500. The van der Waals surface area contributed by atoms with Crippen molar-refractivity contribution in [3.05, 3.63) is 28.2 Å². The number of nitrogens with zero attached hydrogens (tertiary/aromatic N) is 1. The van der Waals surface area contributed by atoms with Crippen LogP contribution < -0.4 is 5.32 Å². The molecule has 0 amide bonds. The molecule has 98 valence electrons. The summed E-state index contributed by atoms with van der Waals surface area (Å²) in [7, 11) is 0. The summed E-state index contributed by atoms with van der Waals surface area (Å²) in [5, 5.41) is 12.1. The van der Waals surface area contributed by atoms with E-state index in [4.69, 9.17) is 10.00 Å². The molecule has 1 aromatic carbocycles. The van der Waals surface area contributed by atoms with Crippen molar-refractivity contribution in [2.24, 2.45) is 0 Å². The minimum atomic E-state index is 0.662. The Bertz CT molecular complexity index is 401. The van der Waals surface area contributed by atoms with Crippen LogP contribution >= 0.6 is 15.9 Å². The molecule has 1 aromatic rings. The second-order valence-corrected chi connectivity index (χ2v) is 4.91. The number of benzene rings is 1. The summed E-state index contributed by atoms with van der Waals surface area (Å²) in [6, 6.07) is 7.66. The number of nitrogens with one attached hydrogen (secondary N) is 1. The molecule has 0 fully saturated rings. The average molecular weight is 311 g/mol. The van der Waals surface area contributed by atoms with Gasteiger partial charge in [-0.15, -0.1) is 0 Å². The molecule has 0 aliphatic heterocycles. The summed E-state index contributed by atoms with van der Waals surface area (Å²) >= 11 is 3.45. The van der Waals surface area contributed by atoms with E-state index in [0.717, 1.165) is 42.8 Å². The summed E-state index contributed by atoms with van der Waals surface area (Å²) in [6.07, 6.45) is 3.29. The van der Waals surface area contributed by atoms with Gasteiger partial charge < -0.3 is 10.1 Å². The third kappa shape index (κ3) is 5.52. The van der Waals surface area contributed by atoms with Gasteiger partial charge in [0.2, 0.25) is 0 Å². The highest BCUT2D eigenvalue weighted by Crippen LogP contribution is 2.23. The van der Waals surface area contributed by atoms with Gasteiger partial charge in [-0.05, 0) is 47.0 Å². The minimum Gasteiger partial charge on any atom is -0.384 e. The summed E-state index contributed by atoms with van der Waals surface area (Å²) in [5.74, 6) is 0. The topological polar surface area (TPSA) is 45.0 Å². The molecular formula is C14H19BrN2O. The SMILES string of the molecule is CCCCOCCCNc1ccc(C#N)cc1Br. The zero-order valence-electron chi connectivity index (χ0n) is 10.7. The van der Waals surface area contributed by atoms with Crippen molar-refractivity contribution in [1.82, 2.24) is 0 Å². The van der Waals surface area contributed by atoms with Crippen LogP contribution in [0.4, 0.5) is 5.69 Å². The standard InChI is InChI=1S/C14H19BrN2O/c1-2-3-8-18-9-4-7-17-14-6-5-12(11-16)10-13(14)15/h5-6,10,17H,2-4,7-9H2,1H3. The van der Waals surface area contributed by atoms with E-state index in [9.17, 15) is 0 Å². The van der Waals surface area contributed by atoms with Gasteiger partial charge in [0, 0.05) is 29.9 Å². The molecule has 3 nitrogen and oxygen atoms in total. The molecule has 0 aliphatic carbocycles. The van der Waals surface area contributed by atoms with Crippen LogP contribution in [0.3, 0.4) is 0 Å². The van der Waals surface area contributed by atoms with Gasteiger partial charge >= 0.3 is 0 Å². The molecule has 0 bridgehead atoms. The van der Waals surface area contributed by atoms with Crippen molar-refractivity contribution in [2.45, 2.75) is 26.2 Å². The van der Waals surface area contributed by atoms with Crippen molar-refractivity contribution in [3.63, 3.8) is 0 Å². The van der Waals surface area contributed by atoms with Gasteiger partial charge in [0.15, 0.2) is 0 Å². The number of halogens is 1. The van der Waals surface area contributed by atoms with Gasteiger partial charge in [-0.3, -0.25) is 0 Å². The van der Waals surface area contributed by atoms with Crippen molar-refractivity contribution in [1.29, 1.82) is 5.26 Å². The first kappa shape index (κ1) is 15.0. The molecule has 0 aliphatic rings. The number of hydrogen-bond donors (Lipinski definition) is 1. The fourth-order valence-corrected chi connectivity index (χ4v) is 1.99. The Balaban J connectivity index is 2.21. The first-order valence-electron chi connectivity index (χ1n) is 6.29. The van der Waals surface area contributed by atoms with Crippen LogP contribution in [-0.2, 0) is 4.74 Å². The van der Waals surface area contributed by atoms with Gasteiger partial charge in [0.25, 0.3) is 0 Å². The van der Waals surface area contributed by atoms with Crippen molar-refractivity contribution < 1.29 is 4.74 Å². The van der Waals surface area contributed by atoms with Crippen LogP contribution in [0, 0.1) is 11.3 Å². The quantitative estimate of drug-likeness (QED) is 0.740. The van der Waals surface area contributed by atoms with E-state index < -0.39 is 0 Å². The van der Waals surface area contributed by atoms with Gasteiger partial charge in [-0.2, -0.15) is 5.26 Å².